The lowest BCUT2D eigenvalue weighted by molar-refractivity contribution is -0.156. The van der Waals surface area contributed by atoms with Crippen molar-refractivity contribution >= 4 is 17.8 Å². The largest absolute Gasteiger partial charge is 0.459 e. The van der Waals surface area contributed by atoms with E-state index in [1.165, 1.54) is 25.2 Å². The smallest absolute Gasteiger partial charge is 0.329 e. The Morgan fingerprint density at radius 1 is 1.03 bits per heavy atom. The van der Waals surface area contributed by atoms with Gasteiger partial charge in [0.1, 0.15) is 6.04 Å². The van der Waals surface area contributed by atoms with Crippen molar-refractivity contribution in [1.29, 1.82) is 0 Å². The molecule has 2 amide bonds. The van der Waals surface area contributed by atoms with Gasteiger partial charge in [0.05, 0.1) is 6.26 Å². The van der Waals surface area contributed by atoms with Gasteiger partial charge in [-0.15, -0.1) is 0 Å². The summed E-state index contributed by atoms with van der Waals surface area (Å²) in [6.07, 6.45) is 7.14. The molecule has 0 saturated heterocycles. The van der Waals surface area contributed by atoms with E-state index in [4.69, 9.17) is 9.15 Å². The van der Waals surface area contributed by atoms with Crippen LogP contribution in [0.5, 0.6) is 0 Å². The zero-order valence-corrected chi connectivity index (χ0v) is 17.8. The van der Waals surface area contributed by atoms with Gasteiger partial charge in [-0.05, 0) is 37.5 Å². The van der Waals surface area contributed by atoms with Crippen molar-refractivity contribution in [2.45, 2.75) is 70.1 Å². The summed E-state index contributed by atoms with van der Waals surface area (Å²) in [4.78, 5) is 37.9. The molecule has 0 bridgehead atoms. The first-order valence-corrected chi connectivity index (χ1v) is 10.9. The van der Waals surface area contributed by atoms with E-state index >= 15 is 0 Å². The Morgan fingerprint density at radius 3 is 2.39 bits per heavy atom. The van der Waals surface area contributed by atoms with Crippen LogP contribution in [0.2, 0.25) is 0 Å². The zero-order valence-electron chi connectivity index (χ0n) is 17.8. The van der Waals surface area contributed by atoms with Crippen LogP contribution in [-0.4, -0.2) is 36.0 Å². The topological polar surface area (TPSA) is 97.6 Å². The number of rotatable bonds is 8. The van der Waals surface area contributed by atoms with Gasteiger partial charge in [0, 0.05) is 12.5 Å². The van der Waals surface area contributed by atoms with E-state index in [0.717, 1.165) is 31.2 Å². The molecule has 166 valence electrons. The number of amides is 2. The Bertz CT molecular complexity index is 842. The molecular formula is C24H30N2O5. The maximum absolute atomic E-state index is 12.9. The number of carbonyl (C=O) groups excluding carboxylic acids is 3. The maximum atomic E-state index is 12.9. The van der Waals surface area contributed by atoms with Gasteiger partial charge < -0.3 is 19.8 Å². The molecule has 0 unspecified atom stereocenters. The van der Waals surface area contributed by atoms with Crippen LogP contribution in [0.1, 0.15) is 61.6 Å². The van der Waals surface area contributed by atoms with Gasteiger partial charge in [0.15, 0.2) is 11.9 Å². The van der Waals surface area contributed by atoms with E-state index in [1.807, 2.05) is 30.3 Å². The van der Waals surface area contributed by atoms with Crippen molar-refractivity contribution in [3.63, 3.8) is 0 Å². The number of carbonyl (C=O) groups is 3. The average Bonchev–Trinajstić information content (AvgIpc) is 3.19. The van der Waals surface area contributed by atoms with Gasteiger partial charge in [0.25, 0.3) is 11.8 Å². The first-order valence-electron chi connectivity index (χ1n) is 10.9. The highest BCUT2D eigenvalue weighted by atomic mass is 16.5. The van der Waals surface area contributed by atoms with Crippen LogP contribution in [0.3, 0.4) is 0 Å². The van der Waals surface area contributed by atoms with Crippen LogP contribution in [-0.2, 0) is 20.7 Å². The van der Waals surface area contributed by atoms with E-state index < -0.39 is 24.0 Å². The Hall–Kier alpha value is -3.09. The fourth-order valence-corrected chi connectivity index (χ4v) is 3.73. The third-order valence-electron chi connectivity index (χ3n) is 5.48. The summed E-state index contributed by atoms with van der Waals surface area (Å²) < 4.78 is 10.6. The second kappa shape index (κ2) is 11.3. The van der Waals surface area contributed by atoms with E-state index in [-0.39, 0.29) is 24.1 Å². The van der Waals surface area contributed by atoms with Crippen LogP contribution in [0.15, 0.2) is 53.1 Å². The number of ether oxygens (including phenoxy) is 1. The third kappa shape index (κ3) is 6.98. The third-order valence-corrected chi connectivity index (χ3v) is 5.48. The summed E-state index contributed by atoms with van der Waals surface area (Å²) in [6, 6.07) is 11.6. The summed E-state index contributed by atoms with van der Waals surface area (Å²) in [7, 11) is 0. The van der Waals surface area contributed by atoms with Crippen LogP contribution >= 0.6 is 0 Å². The fraction of sp³-hybridized carbons (Fsp3) is 0.458. The van der Waals surface area contributed by atoms with E-state index in [9.17, 15) is 14.4 Å². The van der Waals surface area contributed by atoms with Gasteiger partial charge in [-0.1, -0.05) is 56.0 Å². The number of hydrogen-bond acceptors (Lipinski definition) is 5. The molecule has 2 aromatic rings. The summed E-state index contributed by atoms with van der Waals surface area (Å²) in [5.41, 5.74) is 0.861. The monoisotopic (exact) mass is 426 g/mol. The van der Waals surface area contributed by atoms with Gasteiger partial charge >= 0.3 is 5.97 Å². The second-order valence-electron chi connectivity index (χ2n) is 7.97. The maximum Gasteiger partial charge on any atom is 0.329 e. The number of furan rings is 1. The Morgan fingerprint density at radius 2 is 1.74 bits per heavy atom. The molecule has 2 N–H and O–H groups in total. The predicted molar refractivity (Wildman–Crippen MR) is 115 cm³/mol. The molecule has 1 aliphatic rings. The van der Waals surface area contributed by atoms with Gasteiger partial charge in [-0.3, -0.25) is 9.59 Å². The molecule has 0 spiro atoms. The average molecular weight is 427 g/mol. The molecule has 1 fully saturated rings. The lowest BCUT2D eigenvalue weighted by atomic mass is 10.1. The fourth-order valence-electron chi connectivity index (χ4n) is 3.73. The lowest BCUT2D eigenvalue weighted by Crippen LogP contribution is -2.47. The first kappa shape index (κ1) is 22.6. The minimum atomic E-state index is -0.951. The lowest BCUT2D eigenvalue weighted by Gasteiger charge is -2.22. The number of esters is 1. The van der Waals surface area contributed by atoms with Gasteiger partial charge in [-0.25, -0.2) is 4.79 Å². The highest BCUT2D eigenvalue weighted by Crippen LogP contribution is 2.17. The molecule has 1 saturated carbocycles. The van der Waals surface area contributed by atoms with E-state index in [0.29, 0.717) is 0 Å². The predicted octanol–water partition coefficient (Wildman–Crippen LogP) is 3.39. The second-order valence-corrected chi connectivity index (χ2v) is 7.97. The summed E-state index contributed by atoms with van der Waals surface area (Å²) in [5.74, 6) is -1.38. The zero-order chi connectivity index (χ0) is 22.1. The SMILES string of the molecule is C[C@@H](OC(=O)[C@H](Cc1ccccc1)NC(=O)c1ccco1)C(=O)NC1CCCCCC1. The van der Waals surface area contributed by atoms with Crippen LogP contribution in [0.4, 0.5) is 0 Å². The van der Waals surface area contributed by atoms with Crippen LogP contribution < -0.4 is 10.6 Å². The van der Waals surface area contributed by atoms with Crippen molar-refractivity contribution in [3.05, 3.63) is 60.1 Å². The van der Waals surface area contributed by atoms with E-state index in [1.54, 1.807) is 13.0 Å². The highest BCUT2D eigenvalue weighted by Gasteiger charge is 2.28. The molecule has 1 aromatic carbocycles. The molecule has 31 heavy (non-hydrogen) atoms. The molecule has 7 heteroatoms. The van der Waals surface area contributed by atoms with Crippen LogP contribution in [0, 0.1) is 0 Å². The van der Waals surface area contributed by atoms with E-state index in [2.05, 4.69) is 10.6 Å². The van der Waals surface area contributed by atoms with Crippen molar-refractivity contribution < 1.29 is 23.5 Å². The quantitative estimate of drug-likeness (QED) is 0.498. The number of benzene rings is 1. The summed E-state index contributed by atoms with van der Waals surface area (Å²) >= 11 is 0. The van der Waals surface area contributed by atoms with Gasteiger partial charge in [-0.2, -0.15) is 0 Å². The molecule has 1 aromatic heterocycles. The molecular weight excluding hydrogens is 396 g/mol. The molecule has 3 rings (SSSR count). The van der Waals surface area contributed by atoms with Crippen LogP contribution in [0.25, 0.3) is 0 Å². The Balaban J connectivity index is 1.62. The summed E-state index contributed by atoms with van der Waals surface area (Å²) in [6.45, 7) is 1.55. The normalized spacial score (nSPS) is 16.5. The molecule has 1 aliphatic carbocycles. The minimum Gasteiger partial charge on any atom is -0.459 e. The van der Waals surface area contributed by atoms with Crippen molar-refractivity contribution in [2.24, 2.45) is 0 Å². The van der Waals surface area contributed by atoms with Crippen molar-refractivity contribution in [3.8, 4) is 0 Å². The standard InChI is InChI=1S/C24H30N2O5/c1-17(22(27)25-19-12-7-2-3-8-13-19)31-24(29)20(16-18-10-5-4-6-11-18)26-23(28)21-14-9-15-30-21/h4-6,9-11,14-15,17,19-20H,2-3,7-8,12-13,16H2,1H3,(H,25,27)(H,26,28)/t17-,20+/m1/s1. The molecule has 2 atom stereocenters. The molecule has 1 heterocycles. The number of nitrogens with one attached hydrogen (secondary N) is 2. The van der Waals surface area contributed by atoms with Gasteiger partial charge in [0.2, 0.25) is 0 Å². The first-order chi connectivity index (χ1) is 15.0. The molecule has 0 radical (unpaired) electrons. The highest BCUT2D eigenvalue weighted by molar-refractivity contribution is 5.95. The molecule has 7 nitrogen and oxygen atoms in total. The Kier molecular flexibility index (Phi) is 8.27. The molecule has 0 aliphatic heterocycles. The summed E-state index contributed by atoms with van der Waals surface area (Å²) in [5, 5.41) is 5.66. The Labute approximate surface area is 182 Å². The van der Waals surface area contributed by atoms with Crippen molar-refractivity contribution in [2.75, 3.05) is 0 Å². The minimum absolute atomic E-state index is 0.102. The van der Waals surface area contributed by atoms with Crippen molar-refractivity contribution in [1.82, 2.24) is 10.6 Å². The number of hydrogen-bond donors (Lipinski definition) is 2.